The van der Waals surface area contributed by atoms with Gasteiger partial charge in [0.05, 0.1) is 18.2 Å². The molecule has 1 unspecified atom stereocenters. The van der Waals surface area contributed by atoms with Crippen molar-refractivity contribution >= 4 is 5.78 Å². The first kappa shape index (κ1) is 21.7. The van der Waals surface area contributed by atoms with E-state index in [0.29, 0.717) is 23.9 Å². The standard InChI is InChI=1S/C18H25NO3.C7H8/c1-18(2,22)15-5-3-12(4-6-15)17(21)11-19-9-13-7-16(20)8-14(13)10-19;1-7-5-3-2-4-6-7/h3-6,13-14,16,20,22H,7-11H2,1-2H3;2-6H,1H3/t13-,14+,16?;. The molecule has 1 aliphatic carbocycles. The van der Waals surface area contributed by atoms with Crippen LogP contribution in [0.3, 0.4) is 0 Å². The third-order valence-electron chi connectivity index (χ3n) is 6.02. The first-order chi connectivity index (χ1) is 13.7. The molecule has 0 radical (unpaired) electrons. The Kier molecular flexibility index (Phi) is 6.89. The summed E-state index contributed by atoms with van der Waals surface area (Å²) in [5, 5.41) is 19.6. The fraction of sp³-hybridized carbons (Fsp3) is 0.480. The minimum Gasteiger partial charge on any atom is -0.393 e. The van der Waals surface area contributed by atoms with Crippen molar-refractivity contribution in [3.05, 3.63) is 71.3 Å². The summed E-state index contributed by atoms with van der Waals surface area (Å²) in [6, 6.07) is 17.5. The van der Waals surface area contributed by atoms with Crippen LogP contribution in [-0.2, 0) is 5.60 Å². The lowest BCUT2D eigenvalue weighted by molar-refractivity contribution is 0.0784. The van der Waals surface area contributed by atoms with E-state index in [2.05, 4.69) is 24.0 Å². The van der Waals surface area contributed by atoms with Crippen molar-refractivity contribution in [1.82, 2.24) is 4.90 Å². The van der Waals surface area contributed by atoms with Crippen LogP contribution in [0.15, 0.2) is 54.6 Å². The topological polar surface area (TPSA) is 60.8 Å². The predicted octanol–water partition coefficient (Wildman–Crippen LogP) is 3.79. The van der Waals surface area contributed by atoms with Crippen LogP contribution >= 0.6 is 0 Å². The Morgan fingerprint density at radius 3 is 2.00 bits per heavy atom. The Morgan fingerprint density at radius 2 is 1.55 bits per heavy atom. The van der Waals surface area contributed by atoms with Crippen molar-refractivity contribution in [2.45, 2.75) is 45.3 Å². The number of carbonyl (C=O) groups is 1. The van der Waals surface area contributed by atoms with Crippen LogP contribution in [0.5, 0.6) is 0 Å². The quantitative estimate of drug-likeness (QED) is 0.773. The van der Waals surface area contributed by atoms with E-state index in [9.17, 15) is 15.0 Å². The van der Waals surface area contributed by atoms with E-state index in [4.69, 9.17) is 0 Å². The van der Waals surface area contributed by atoms with Gasteiger partial charge in [-0.3, -0.25) is 9.69 Å². The highest BCUT2D eigenvalue weighted by Gasteiger charge is 2.40. The van der Waals surface area contributed by atoms with E-state index < -0.39 is 5.60 Å². The molecular weight excluding hydrogens is 362 g/mol. The third kappa shape index (κ3) is 5.99. The summed E-state index contributed by atoms with van der Waals surface area (Å²) in [4.78, 5) is 14.6. The highest BCUT2D eigenvalue weighted by atomic mass is 16.3. The first-order valence-electron chi connectivity index (χ1n) is 10.5. The second-order valence-electron chi connectivity index (χ2n) is 9.05. The van der Waals surface area contributed by atoms with Crippen molar-refractivity contribution in [3.8, 4) is 0 Å². The molecule has 1 aliphatic heterocycles. The van der Waals surface area contributed by atoms with Gasteiger partial charge in [0.15, 0.2) is 5.78 Å². The molecule has 1 saturated heterocycles. The van der Waals surface area contributed by atoms with Crippen molar-refractivity contribution < 1.29 is 15.0 Å². The number of hydrogen-bond donors (Lipinski definition) is 2. The maximum atomic E-state index is 12.4. The molecule has 4 rings (SSSR count). The van der Waals surface area contributed by atoms with Crippen molar-refractivity contribution in [3.63, 3.8) is 0 Å². The number of nitrogens with zero attached hydrogens (tertiary/aromatic N) is 1. The van der Waals surface area contributed by atoms with E-state index in [1.54, 1.807) is 26.0 Å². The lowest BCUT2D eigenvalue weighted by atomic mass is 9.96. The molecule has 2 aromatic rings. The van der Waals surface area contributed by atoms with E-state index >= 15 is 0 Å². The molecule has 0 spiro atoms. The zero-order valence-electron chi connectivity index (χ0n) is 17.7. The summed E-state index contributed by atoms with van der Waals surface area (Å²) in [6.07, 6.45) is 1.63. The lowest BCUT2D eigenvalue weighted by Gasteiger charge is -2.19. The molecule has 3 atom stereocenters. The number of hydrogen-bond acceptors (Lipinski definition) is 4. The number of ketones is 1. The number of carbonyl (C=O) groups excluding carboxylic acids is 1. The summed E-state index contributed by atoms with van der Waals surface area (Å²) in [5.41, 5.74) is 1.95. The smallest absolute Gasteiger partial charge is 0.176 e. The Hall–Kier alpha value is -2.01. The minimum atomic E-state index is -0.880. The number of aryl methyl sites for hydroxylation is 1. The van der Waals surface area contributed by atoms with Gasteiger partial charge in [-0.1, -0.05) is 60.2 Å². The summed E-state index contributed by atoms with van der Waals surface area (Å²) < 4.78 is 0. The second-order valence-corrected chi connectivity index (χ2v) is 9.05. The monoisotopic (exact) mass is 395 g/mol. The highest BCUT2D eigenvalue weighted by Crippen LogP contribution is 2.37. The second kappa shape index (κ2) is 9.21. The molecule has 0 bridgehead atoms. The number of aliphatic hydroxyl groups is 2. The number of aliphatic hydroxyl groups excluding tert-OH is 1. The van der Waals surface area contributed by atoms with Crippen LogP contribution in [0, 0.1) is 18.8 Å². The number of benzene rings is 2. The van der Waals surface area contributed by atoms with Gasteiger partial charge in [-0.15, -0.1) is 0 Å². The predicted molar refractivity (Wildman–Crippen MR) is 116 cm³/mol. The number of Topliss-reactive ketones (excluding diaryl/α,β-unsaturated/α-hetero) is 1. The Balaban J connectivity index is 0.000000290. The number of rotatable bonds is 4. The molecule has 4 heteroatoms. The highest BCUT2D eigenvalue weighted by molar-refractivity contribution is 5.97. The van der Waals surface area contributed by atoms with Gasteiger partial charge in [0, 0.05) is 18.7 Å². The molecule has 0 amide bonds. The maximum absolute atomic E-state index is 12.4. The van der Waals surface area contributed by atoms with Crippen molar-refractivity contribution in [2.75, 3.05) is 19.6 Å². The van der Waals surface area contributed by atoms with Crippen LogP contribution in [0.2, 0.25) is 0 Å². The molecule has 1 saturated carbocycles. The number of likely N-dealkylation sites (tertiary alicyclic amines) is 1. The summed E-state index contributed by atoms with van der Waals surface area (Å²) >= 11 is 0. The normalized spacial score (nSPS) is 24.0. The molecule has 1 heterocycles. The molecule has 2 fully saturated rings. The van der Waals surface area contributed by atoms with Gasteiger partial charge in [0.1, 0.15) is 0 Å². The van der Waals surface area contributed by atoms with Crippen LogP contribution < -0.4 is 0 Å². The van der Waals surface area contributed by atoms with Gasteiger partial charge in [0.25, 0.3) is 0 Å². The van der Waals surface area contributed by atoms with Crippen LogP contribution in [-0.4, -0.2) is 46.6 Å². The molecular formula is C25H33NO3. The van der Waals surface area contributed by atoms with Gasteiger partial charge in [0.2, 0.25) is 0 Å². The Bertz CT molecular complexity index is 781. The van der Waals surface area contributed by atoms with E-state index in [1.165, 1.54) is 5.56 Å². The lowest BCUT2D eigenvalue weighted by Crippen LogP contribution is -2.29. The van der Waals surface area contributed by atoms with Gasteiger partial charge in [-0.05, 0) is 51.0 Å². The molecule has 156 valence electrons. The largest absolute Gasteiger partial charge is 0.393 e. The van der Waals surface area contributed by atoms with Crippen molar-refractivity contribution in [2.24, 2.45) is 11.8 Å². The average molecular weight is 396 g/mol. The van der Waals surface area contributed by atoms with Gasteiger partial charge in [-0.25, -0.2) is 0 Å². The molecule has 29 heavy (non-hydrogen) atoms. The van der Waals surface area contributed by atoms with Crippen LogP contribution in [0.25, 0.3) is 0 Å². The molecule has 0 aromatic heterocycles. The summed E-state index contributed by atoms with van der Waals surface area (Å²) in [6.45, 7) is 7.86. The summed E-state index contributed by atoms with van der Waals surface area (Å²) in [5.74, 6) is 1.24. The fourth-order valence-electron chi connectivity index (χ4n) is 4.39. The number of fused-ring (bicyclic) bond motifs is 1. The molecule has 4 nitrogen and oxygen atoms in total. The van der Waals surface area contributed by atoms with E-state index in [1.807, 2.05) is 30.3 Å². The Labute approximate surface area is 174 Å². The summed E-state index contributed by atoms with van der Waals surface area (Å²) in [7, 11) is 0. The van der Waals surface area contributed by atoms with E-state index in [-0.39, 0.29) is 11.9 Å². The SMILES string of the molecule is CC(C)(O)c1ccc(C(=O)CN2C[C@H]3CC(O)C[C@H]3C2)cc1.Cc1ccccc1. The molecule has 2 aliphatic rings. The Morgan fingerprint density at radius 1 is 1.00 bits per heavy atom. The van der Waals surface area contributed by atoms with Crippen LogP contribution in [0.4, 0.5) is 0 Å². The van der Waals surface area contributed by atoms with Crippen LogP contribution in [0.1, 0.15) is 48.2 Å². The first-order valence-corrected chi connectivity index (χ1v) is 10.5. The molecule has 2 N–H and O–H groups in total. The maximum Gasteiger partial charge on any atom is 0.176 e. The third-order valence-corrected chi connectivity index (χ3v) is 6.02. The zero-order valence-corrected chi connectivity index (χ0v) is 17.7. The average Bonchev–Trinajstić information content (AvgIpc) is 3.19. The van der Waals surface area contributed by atoms with Crippen molar-refractivity contribution in [1.29, 1.82) is 0 Å². The van der Waals surface area contributed by atoms with Gasteiger partial charge >= 0.3 is 0 Å². The van der Waals surface area contributed by atoms with Gasteiger partial charge < -0.3 is 10.2 Å². The molecule has 2 aromatic carbocycles. The van der Waals surface area contributed by atoms with E-state index in [0.717, 1.165) is 31.5 Å². The zero-order chi connectivity index (χ0) is 21.0. The van der Waals surface area contributed by atoms with Gasteiger partial charge in [-0.2, -0.15) is 0 Å². The fourth-order valence-corrected chi connectivity index (χ4v) is 4.39. The minimum absolute atomic E-state index is 0.128.